The number of benzene rings is 2. The van der Waals surface area contributed by atoms with Gasteiger partial charge in [-0.15, -0.1) is 0 Å². The van der Waals surface area contributed by atoms with Crippen LogP contribution in [0.3, 0.4) is 0 Å². The number of hydrogen-bond donors (Lipinski definition) is 2. The van der Waals surface area contributed by atoms with Crippen molar-refractivity contribution in [3.05, 3.63) is 69.3 Å². The van der Waals surface area contributed by atoms with Crippen molar-refractivity contribution in [1.29, 1.82) is 0 Å². The standard InChI is InChI=1S/C18H19IN2O2/c19-15-8-4-7-14(11-15)12-16(18(20)23)21-17(22)10-9-13-5-2-1-3-6-13/h1-8,11,16H,9-10,12H2,(H2,20,23)(H,21,22)/t16-/m0/s1. The Labute approximate surface area is 149 Å². The van der Waals surface area contributed by atoms with Crippen LogP contribution in [0.5, 0.6) is 0 Å². The van der Waals surface area contributed by atoms with Crippen LogP contribution in [0, 0.1) is 3.57 Å². The molecule has 2 aromatic rings. The van der Waals surface area contributed by atoms with Gasteiger partial charge in [-0.2, -0.15) is 0 Å². The summed E-state index contributed by atoms with van der Waals surface area (Å²) < 4.78 is 1.08. The maximum atomic E-state index is 12.1. The molecule has 2 amide bonds. The maximum absolute atomic E-state index is 12.1. The first-order valence-electron chi connectivity index (χ1n) is 7.41. The van der Waals surface area contributed by atoms with Crippen molar-refractivity contribution in [3.63, 3.8) is 0 Å². The highest BCUT2D eigenvalue weighted by Gasteiger charge is 2.18. The highest BCUT2D eigenvalue weighted by Crippen LogP contribution is 2.10. The lowest BCUT2D eigenvalue weighted by atomic mass is 10.0. The van der Waals surface area contributed by atoms with Crippen molar-refractivity contribution in [1.82, 2.24) is 5.32 Å². The second kappa shape index (κ2) is 8.67. The number of aryl methyl sites for hydroxylation is 1. The fourth-order valence-electron chi connectivity index (χ4n) is 2.29. The number of hydrogen-bond acceptors (Lipinski definition) is 2. The van der Waals surface area contributed by atoms with Crippen LogP contribution in [0.2, 0.25) is 0 Å². The third-order valence-electron chi connectivity index (χ3n) is 3.49. The summed E-state index contributed by atoms with van der Waals surface area (Å²) in [6.45, 7) is 0. The Hall–Kier alpha value is -1.89. The van der Waals surface area contributed by atoms with E-state index in [1.54, 1.807) is 0 Å². The predicted molar refractivity (Wildman–Crippen MR) is 98.8 cm³/mol. The molecule has 0 saturated heterocycles. The molecule has 3 N–H and O–H groups in total. The molecule has 2 aromatic carbocycles. The van der Waals surface area contributed by atoms with Crippen LogP contribution in [0.4, 0.5) is 0 Å². The molecule has 0 aliphatic rings. The zero-order valence-corrected chi connectivity index (χ0v) is 14.8. The van der Waals surface area contributed by atoms with E-state index >= 15 is 0 Å². The van der Waals surface area contributed by atoms with Crippen molar-refractivity contribution in [2.75, 3.05) is 0 Å². The van der Waals surface area contributed by atoms with E-state index in [9.17, 15) is 9.59 Å². The third-order valence-corrected chi connectivity index (χ3v) is 4.16. The zero-order chi connectivity index (χ0) is 16.7. The highest BCUT2D eigenvalue weighted by atomic mass is 127. The van der Waals surface area contributed by atoms with Gasteiger partial charge >= 0.3 is 0 Å². The van der Waals surface area contributed by atoms with E-state index in [1.807, 2.05) is 54.6 Å². The SMILES string of the molecule is NC(=O)[C@H](Cc1cccc(I)c1)NC(=O)CCc1ccccc1. The summed E-state index contributed by atoms with van der Waals surface area (Å²) >= 11 is 2.21. The van der Waals surface area contributed by atoms with Crippen molar-refractivity contribution >= 4 is 34.4 Å². The van der Waals surface area contributed by atoms with E-state index < -0.39 is 11.9 Å². The maximum Gasteiger partial charge on any atom is 0.240 e. The molecule has 0 saturated carbocycles. The van der Waals surface area contributed by atoms with Gasteiger partial charge in [-0.05, 0) is 52.3 Å². The van der Waals surface area contributed by atoms with Gasteiger partial charge in [0.05, 0.1) is 0 Å². The predicted octanol–water partition coefficient (Wildman–Crippen LogP) is 2.44. The molecule has 0 heterocycles. The summed E-state index contributed by atoms with van der Waals surface area (Å²) in [5.74, 6) is -0.680. The monoisotopic (exact) mass is 422 g/mol. The Morgan fingerprint density at radius 1 is 1.04 bits per heavy atom. The third kappa shape index (κ3) is 6.02. The lowest BCUT2D eigenvalue weighted by Gasteiger charge is -2.16. The molecule has 23 heavy (non-hydrogen) atoms. The highest BCUT2D eigenvalue weighted by molar-refractivity contribution is 14.1. The van der Waals surface area contributed by atoms with Crippen LogP contribution >= 0.6 is 22.6 Å². The molecule has 0 unspecified atom stereocenters. The van der Waals surface area contributed by atoms with Crippen LogP contribution in [-0.2, 0) is 22.4 Å². The molecule has 0 aliphatic carbocycles. The molecule has 0 spiro atoms. The molecular formula is C18H19IN2O2. The van der Waals surface area contributed by atoms with Gasteiger partial charge in [-0.3, -0.25) is 9.59 Å². The van der Waals surface area contributed by atoms with E-state index in [1.165, 1.54) is 0 Å². The number of amides is 2. The van der Waals surface area contributed by atoms with Crippen LogP contribution in [0.15, 0.2) is 54.6 Å². The fourth-order valence-corrected chi connectivity index (χ4v) is 2.90. The van der Waals surface area contributed by atoms with Gasteiger partial charge in [0, 0.05) is 16.4 Å². The van der Waals surface area contributed by atoms with Crippen molar-refractivity contribution < 1.29 is 9.59 Å². The fraction of sp³-hybridized carbons (Fsp3) is 0.222. The van der Waals surface area contributed by atoms with Gasteiger partial charge in [0.2, 0.25) is 11.8 Å². The van der Waals surface area contributed by atoms with Crippen molar-refractivity contribution in [2.24, 2.45) is 5.73 Å². The molecule has 5 heteroatoms. The number of nitrogens with one attached hydrogen (secondary N) is 1. The van der Waals surface area contributed by atoms with Crippen molar-refractivity contribution in [3.8, 4) is 0 Å². The van der Waals surface area contributed by atoms with Gasteiger partial charge in [0.15, 0.2) is 0 Å². The molecule has 0 radical (unpaired) electrons. The van der Waals surface area contributed by atoms with E-state index in [2.05, 4.69) is 27.9 Å². The number of halogens is 1. The molecule has 1 atom stereocenters. The summed E-state index contributed by atoms with van der Waals surface area (Å²) in [7, 11) is 0. The lowest BCUT2D eigenvalue weighted by molar-refractivity contribution is -0.127. The quantitative estimate of drug-likeness (QED) is 0.673. The Morgan fingerprint density at radius 3 is 2.39 bits per heavy atom. The van der Waals surface area contributed by atoms with Crippen LogP contribution in [0.25, 0.3) is 0 Å². The zero-order valence-electron chi connectivity index (χ0n) is 12.7. The van der Waals surface area contributed by atoms with Gasteiger partial charge in [0.1, 0.15) is 6.04 Å². The molecule has 4 nitrogen and oxygen atoms in total. The number of carbonyl (C=O) groups excluding carboxylic acids is 2. The number of nitrogens with two attached hydrogens (primary N) is 1. The van der Waals surface area contributed by atoms with Crippen molar-refractivity contribution in [2.45, 2.75) is 25.3 Å². The minimum absolute atomic E-state index is 0.164. The Kier molecular flexibility index (Phi) is 6.58. The summed E-state index contributed by atoms with van der Waals surface area (Å²) in [4.78, 5) is 23.7. The summed E-state index contributed by atoms with van der Waals surface area (Å²) in [5, 5.41) is 2.74. The molecule has 120 valence electrons. The second-order valence-corrected chi connectivity index (χ2v) is 6.59. The summed E-state index contributed by atoms with van der Waals surface area (Å²) in [6.07, 6.45) is 1.38. The topological polar surface area (TPSA) is 72.2 Å². The summed E-state index contributed by atoms with van der Waals surface area (Å²) in [5.41, 5.74) is 7.49. The average Bonchev–Trinajstić information content (AvgIpc) is 2.53. The van der Waals surface area contributed by atoms with Gasteiger partial charge < -0.3 is 11.1 Å². The minimum Gasteiger partial charge on any atom is -0.368 e. The number of primary amides is 1. The molecule has 2 rings (SSSR count). The second-order valence-electron chi connectivity index (χ2n) is 5.34. The first-order valence-corrected chi connectivity index (χ1v) is 8.49. The molecule has 0 aromatic heterocycles. The van der Waals surface area contributed by atoms with Gasteiger partial charge in [-0.25, -0.2) is 0 Å². The normalized spacial score (nSPS) is 11.7. The van der Waals surface area contributed by atoms with E-state index in [-0.39, 0.29) is 5.91 Å². The molecule has 0 fully saturated rings. The first kappa shape index (κ1) is 17.5. The first-order chi connectivity index (χ1) is 11.0. The van der Waals surface area contributed by atoms with Crippen LogP contribution < -0.4 is 11.1 Å². The molecular weight excluding hydrogens is 403 g/mol. The van der Waals surface area contributed by atoms with E-state index in [0.717, 1.165) is 14.7 Å². The van der Waals surface area contributed by atoms with Crippen LogP contribution in [0.1, 0.15) is 17.5 Å². The number of carbonyl (C=O) groups is 2. The van der Waals surface area contributed by atoms with E-state index in [0.29, 0.717) is 19.3 Å². The van der Waals surface area contributed by atoms with E-state index in [4.69, 9.17) is 5.73 Å². The Balaban J connectivity index is 1.91. The van der Waals surface area contributed by atoms with Crippen LogP contribution in [-0.4, -0.2) is 17.9 Å². The van der Waals surface area contributed by atoms with Gasteiger partial charge in [0.25, 0.3) is 0 Å². The van der Waals surface area contributed by atoms with Gasteiger partial charge in [-0.1, -0.05) is 42.5 Å². The minimum atomic E-state index is -0.684. The summed E-state index contributed by atoms with van der Waals surface area (Å²) in [6, 6.07) is 16.9. The lowest BCUT2D eigenvalue weighted by Crippen LogP contribution is -2.45. The largest absolute Gasteiger partial charge is 0.368 e. The smallest absolute Gasteiger partial charge is 0.240 e. The Morgan fingerprint density at radius 2 is 1.74 bits per heavy atom. The average molecular weight is 422 g/mol. The molecule has 0 bridgehead atoms. The molecule has 0 aliphatic heterocycles. The number of rotatable bonds is 7. The Bertz CT molecular complexity index is 674.